The number of ether oxygens (including phenoxy) is 4. The van der Waals surface area contributed by atoms with Crippen molar-refractivity contribution in [2.75, 3.05) is 33.4 Å². The number of aromatic hydroxyl groups is 2. The number of phenols is 2. The van der Waals surface area contributed by atoms with Gasteiger partial charge in [-0.2, -0.15) is 0 Å². The second-order valence-corrected chi connectivity index (χ2v) is 26.4. The molecule has 10 bridgehead atoms. The fourth-order valence-corrected chi connectivity index (χ4v) is 18.0. The lowest BCUT2D eigenvalue weighted by molar-refractivity contribution is -0.191. The van der Waals surface area contributed by atoms with Crippen LogP contribution in [0.25, 0.3) is 11.1 Å². The van der Waals surface area contributed by atoms with Crippen molar-refractivity contribution in [3.05, 3.63) is 88.5 Å². The van der Waals surface area contributed by atoms with Crippen LogP contribution in [0.3, 0.4) is 0 Å². The molecule has 1 saturated heterocycles. The van der Waals surface area contributed by atoms with E-state index < -0.39 is 18.3 Å². The number of allylic oxidation sites excluding steroid dienone is 3. The number of nitrogens with zero attached hydrogens (tertiary/aromatic N) is 1. The van der Waals surface area contributed by atoms with Gasteiger partial charge in [0, 0.05) is 61.8 Å². The molecule has 0 unspecified atom stereocenters. The molecule has 3 aromatic carbocycles. The van der Waals surface area contributed by atoms with Gasteiger partial charge in [0.2, 0.25) is 0 Å². The van der Waals surface area contributed by atoms with E-state index in [9.17, 15) is 25.5 Å². The van der Waals surface area contributed by atoms with Crippen LogP contribution in [0.5, 0.6) is 28.7 Å². The number of aliphatic hydroxyl groups is 3. The van der Waals surface area contributed by atoms with Gasteiger partial charge < -0.3 is 55.5 Å². The van der Waals surface area contributed by atoms with Crippen LogP contribution < -0.4 is 25.3 Å². The highest BCUT2D eigenvalue weighted by molar-refractivity contribution is 5.84. The molecular formula is C66H89N3O9. The topological polar surface area (TPSA) is 188 Å². The first kappa shape index (κ1) is 53.9. The molecule has 4 fully saturated rings. The summed E-state index contributed by atoms with van der Waals surface area (Å²) in [5.74, 6) is 4.24. The predicted octanol–water partition coefficient (Wildman–Crippen LogP) is 11.2. The van der Waals surface area contributed by atoms with Crippen LogP contribution in [-0.2, 0) is 24.0 Å². The summed E-state index contributed by atoms with van der Waals surface area (Å²) in [6, 6.07) is 11.4. The second-order valence-electron chi connectivity index (χ2n) is 26.4. The van der Waals surface area contributed by atoms with Gasteiger partial charge in [-0.25, -0.2) is 0 Å². The number of benzene rings is 3. The first-order chi connectivity index (χ1) is 37.7. The van der Waals surface area contributed by atoms with E-state index in [0.717, 1.165) is 111 Å². The lowest BCUT2D eigenvalue weighted by Crippen LogP contribution is -2.57. The van der Waals surface area contributed by atoms with Crippen molar-refractivity contribution in [1.29, 1.82) is 0 Å². The number of rotatable bonds is 5. The zero-order valence-electron chi connectivity index (χ0n) is 46.9. The quantitative estimate of drug-likeness (QED) is 0.121. The van der Waals surface area contributed by atoms with E-state index in [0.29, 0.717) is 103 Å². The molecule has 0 aromatic heterocycles. The SMILES string of the molecule is CC[C@@H]1C[C@@H]2C=C[C@H]1C[C@H](O)C[C@@]1(CC[C@@H]3C=C[C@@H]4CCCC[C@@]45C[C@]31CCO5)CN=C(N)NCC[C@H]1[C@@H](CO)CCC[C@@H]1Oc1cc(ccc1O)[C@@H]1Oc3cc(OC)c4c(c3C[C@H]1O)[C@@H]2Cc1cc(O)c(CC(C)C)cc1-4. The largest absolute Gasteiger partial charge is 0.508 e. The molecule has 12 aliphatic rings. The molecule has 3 saturated carbocycles. The maximum absolute atomic E-state index is 12.9. The van der Waals surface area contributed by atoms with Crippen LogP contribution >= 0.6 is 0 Å². The van der Waals surface area contributed by atoms with E-state index >= 15 is 0 Å². The summed E-state index contributed by atoms with van der Waals surface area (Å²) in [6.07, 6.45) is 24.4. The summed E-state index contributed by atoms with van der Waals surface area (Å²) in [5.41, 5.74) is 13.3. The maximum atomic E-state index is 12.9. The number of hydrogen-bond donors (Lipinski definition) is 7. The summed E-state index contributed by atoms with van der Waals surface area (Å²) in [5, 5.41) is 62.6. The molecule has 12 nitrogen and oxygen atoms in total. The Balaban J connectivity index is 0.959. The number of guanidine groups is 1. The number of methoxy groups -OCH3 is 1. The zero-order chi connectivity index (χ0) is 54.1. The van der Waals surface area contributed by atoms with Crippen LogP contribution in [0, 0.1) is 58.2 Å². The number of phenolic OH excluding ortho intramolecular Hbond substituents is 2. The Morgan fingerprint density at radius 3 is 2.51 bits per heavy atom. The van der Waals surface area contributed by atoms with Gasteiger partial charge in [0.15, 0.2) is 17.5 Å². The first-order valence-electron chi connectivity index (χ1n) is 30.5. The zero-order valence-corrected chi connectivity index (χ0v) is 46.9. The van der Waals surface area contributed by atoms with Crippen LogP contribution in [0.15, 0.2) is 65.7 Å². The van der Waals surface area contributed by atoms with Gasteiger partial charge in [-0.05, 0) is 201 Å². The van der Waals surface area contributed by atoms with Gasteiger partial charge in [0.25, 0.3) is 0 Å². The number of nitrogens with one attached hydrogen (secondary N) is 1. The minimum atomic E-state index is -0.914. The molecule has 15 rings (SSSR count). The predicted molar refractivity (Wildman–Crippen MR) is 304 cm³/mol. The highest BCUT2D eigenvalue weighted by Crippen LogP contribution is 2.69. The van der Waals surface area contributed by atoms with Crippen molar-refractivity contribution in [1.82, 2.24) is 5.32 Å². The number of nitrogens with two attached hydrogens (primary N) is 1. The third-order valence-electron chi connectivity index (χ3n) is 21.8. The van der Waals surface area contributed by atoms with Crippen LogP contribution in [0.2, 0.25) is 0 Å². The minimum Gasteiger partial charge on any atom is -0.508 e. The van der Waals surface area contributed by atoms with Crippen molar-refractivity contribution in [2.45, 2.75) is 179 Å². The van der Waals surface area contributed by atoms with Crippen molar-refractivity contribution in [2.24, 2.45) is 68.9 Å². The Bertz CT molecular complexity index is 2790. The molecule has 12 heteroatoms. The molecule has 6 aliphatic carbocycles. The van der Waals surface area contributed by atoms with E-state index in [4.69, 9.17) is 29.7 Å². The van der Waals surface area contributed by atoms with E-state index in [2.05, 4.69) is 56.5 Å². The van der Waals surface area contributed by atoms with Gasteiger partial charge in [0.05, 0.1) is 24.9 Å². The van der Waals surface area contributed by atoms with Gasteiger partial charge in [-0.3, -0.25) is 4.99 Å². The van der Waals surface area contributed by atoms with E-state index in [1.807, 2.05) is 24.3 Å². The Morgan fingerprint density at radius 1 is 0.846 bits per heavy atom. The smallest absolute Gasteiger partial charge is 0.188 e. The Morgan fingerprint density at radius 2 is 1.69 bits per heavy atom. The molecule has 3 spiro atoms. The molecule has 78 heavy (non-hydrogen) atoms. The van der Waals surface area contributed by atoms with Crippen LogP contribution in [0.1, 0.15) is 163 Å². The Kier molecular flexibility index (Phi) is 14.9. The lowest BCUT2D eigenvalue weighted by Gasteiger charge is -2.57. The Labute approximate surface area is 463 Å². The molecule has 0 radical (unpaired) electrons. The molecule has 0 amide bonds. The van der Waals surface area contributed by atoms with Crippen molar-refractivity contribution in [3.63, 3.8) is 0 Å². The third-order valence-corrected chi connectivity index (χ3v) is 21.8. The molecular weight excluding hydrogens is 979 g/mol. The maximum Gasteiger partial charge on any atom is 0.188 e. The number of aliphatic hydroxyl groups excluding tert-OH is 3. The summed E-state index contributed by atoms with van der Waals surface area (Å²) >= 11 is 0. The van der Waals surface area contributed by atoms with Crippen molar-refractivity contribution < 1.29 is 44.5 Å². The molecule has 6 heterocycles. The highest BCUT2D eigenvalue weighted by Gasteiger charge is 2.65. The fourth-order valence-electron chi connectivity index (χ4n) is 18.0. The fraction of sp³-hybridized carbons (Fsp3) is 0.652. The third kappa shape index (κ3) is 9.51. The monoisotopic (exact) mass is 1070 g/mol. The highest BCUT2D eigenvalue weighted by atomic mass is 16.5. The minimum absolute atomic E-state index is 0.00360. The molecule has 6 aliphatic heterocycles. The summed E-state index contributed by atoms with van der Waals surface area (Å²) in [4.78, 5) is 5.30. The molecule has 15 atom stereocenters. The molecule has 3 aromatic rings. The average molecular weight is 1070 g/mol. The molecule has 422 valence electrons. The van der Waals surface area contributed by atoms with Crippen LogP contribution in [-0.4, -0.2) is 88.8 Å². The lowest BCUT2D eigenvalue weighted by atomic mass is 9.52. The number of hydrogen-bond acceptors (Lipinski definition) is 12. The summed E-state index contributed by atoms with van der Waals surface area (Å²) in [6.45, 7) is 8.51. The number of aliphatic imine (C=N–C) groups is 1. The standard InChI is InChI=1S/C66H89N3O9/c1-5-39-26-41-13-12-40(39)27-48(71)34-64(21-18-46-15-16-47-10-6-7-20-66(47)36-65(46,64)22-24-76-66)37-69-63(67)68-23-19-49-43(35-70)9-8-11-56(49)77-58-31-42(14-17-53(58)72)62-55(74)32-52-57(78-62)33-59(75-4)61-51-29-45(25-38(2)3)54(73)30-44(51)28-50(41)60(52)61/h12-17,29-31,33,38-41,43,46-50,55-56,62,70-74H,5-11,18-28,32,34-37H2,1-4H3,(H3,67,68,69)/t39-,40+,41+,43-,46+,47+,48+,49+,50-,55-,56+,62+,64+,65-,66-/m1/s1. The number of fused-ring (bicyclic) bond motifs is 2. The average Bonchev–Trinajstić information content (AvgIpc) is 3.84. The van der Waals surface area contributed by atoms with Crippen molar-refractivity contribution in [3.8, 4) is 39.9 Å². The Hall–Kier alpha value is -4.75. The van der Waals surface area contributed by atoms with E-state index in [1.54, 1.807) is 13.2 Å². The van der Waals surface area contributed by atoms with Gasteiger partial charge in [-0.15, -0.1) is 0 Å². The van der Waals surface area contributed by atoms with Crippen molar-refractivity contribution >= 4 is 5.96 Å². The van der Waals surface area contributed by atoms with Crippen LogP contribution in [0.4, 0.5) is 0 Å². The van der Waals surface area contributed by atoms with Gasteiger partial charge >= 0.3 is 0 Å². The summed E-state index contributed by atoms with van der Waals surface area (Å²) < 4.78 is 27.2. The second kappa shape index (κ2) is 21.6. The summed E-state index contributed by atoms with van der Waals surface area (Å²) in [7, 11) is 1.72. The van der Waals surface area contributed by atoms with Gasteiger partial charge in [0.1, 0.15) is 29.5 Å². The van der Waals surface area contributed by atoms with E-state index in [1.165, 1.54) is 19.3 Å². The van der Waals surface area contributed by atoms with E-state index in [-0.39, 0.29) is 64.5 Å². The normalized spacial score (nSPS) is 37.2. The van der Waals surface area contributed by atoms with Gasteiger partial charge in [-0.1, -0.05) is 70.4 Å². The first-order valence-corrected chi connectivity index (χ1v) is 30.5. The molecule has 8 N–H and O–H groups in total.